The van der Waals surface area contributed by atoms with E-state index in [4.69, 9.17) is 32.7 Å². The number of carbonyl (C=O) groups excluding carboxylic acids is 2. The lowest BCUT2D eigenvalue weighted by molar-refractivity contribution is -0.137. The molecule has 7 heteroatoms. The Morgan fingerprint density at radius 3 is 2.50 bits per heavy atom. The minimum atomic E-state index is -0.174. The van der Waals surface area contributed by atoms with Crippen molar-refractivity contribution in [3.05, 3.63) is 69.7 Å². The molecule has 1 amide bonds. The van der Waals surface area contributed by atoms with E-state index in [1.54, 1.807) is 53.4 Å². The summed E-state index contributed by atoms with van der Waals surface area (Å²) in [5.74, 6) is 0.275. The fraction of sp³-hybridized carbons (Fsp3) is 0.238. The fourth-order valence-corrected chi connectivity index (χ4v) is 3.05. The van der Waals surface area contributed by atoms with Crippen molar-refractivity contribution in [2.24, 2.45) is 0 Å². The van der Waals surface area contributed by atoms with E-state index in [0.717, 1.165) is 0 Å². The molecular weight excluding hydrogens is 401 g/mol. The third-order valence-electron chi connectivity index (χ3n) is 4.26. The molecule has 2 aromatic rings. The number of morpholine rings is 1. The Morgan fingerprint density at radius 2 is 1.79 bits per heavy atom. The van der Waals surface area contributed by atoms with E-state index in [1.165, 1.54) is 6.08 Å². The quantitative estimate of drug-likeness (QED) is 0.521. The Labute approximate surface area is 173 Å². The smallest absolute Gasteiger partial charge is 0.260 e. The zero-order valence-corrected chi connectivity index (χ0v) is 16.6. The summed E-state index contributed by atoms with van der Waals surface area (Å²) in [5, 5.41) is 0.839. The summed E-state index contributed by atoms with van der Waals surface area (Å²) in [4.78, 5) is 26.1. The van der Waals surface area contributed by atoms with E-state index in [9.17, 15) is 9.59 Å². The molecule has 0 radical (unpaired) electrons. The topological polar surface area (TPSA) is 55.8 Å². The summed E-state index contributed by atoms with van der Waals surface area (Å²) in [7, 11) is 0. The molecule has 0 saturated carbocycles. The van der Waals surface area contributed by atoms with Crippen LogP contribution in [0.3, 0.4) is 0 Å². The van der Waals surface area contributed by atoms with Crippen LogP contribution in [0.15, 0.2) is 48.5 Å². The molecule has 28 heavy (non-hydrogen) atoms. The second-order valence-electron chi connectivity index (χ2n) is 6.15. The molecule has 0 bridgehead atoms. The molecule has 2 aromatic carbocycles. The van der Waals surface area contributed by atoms with Crippen molar-refractivity contribution in [2.75, 3.05) is 32.9 Å². The van der Waals surface area contributed by atoms with Crippen LogP contribution in [-0.2, 0) is 9.53 Å². The molecule has 0 atom stereocenters. The van der Waals surface area contributed by atoms with Crippen LogP contribution in [-0.4, -0.2) is 49.5 Å². The first-order chi connectivity index (χ1) is 13.5. The number of allylic oxidation sites excluding steroid dienone is 1. The Hall–Kier alpha value is -2.34. The van der Waals surface area contributed by atoms with E-state index in [1.807, 2.05) is 0 Å². The fourth-order valence-electron chi connectivity index (χ4n) is 2.68. The van der Waals surface area contributed by atoms with Gasteiger partial charge in [0.05, 0.1) is 23.3 Å². The van der Waals surface area contributed by atoms with Crippen molar-refractivity contribution < 1.29 is 19.1 Å². The Morgan fingerprint density at radius 1 is 1.07 bits per heavy atom. The standard InChI is InChI=1S/C21H19Cl2NO4/c22-18-3-1-2-16(21(18)23)6-9-19(25)15-4-7-17(8-5-15)28-14-20(26)24-10-12-27-13-11-24/h1-9H,10-14H2/b9-6+. The summed E-state index contributed by atoms with van der Waals surface area (Å²) in [6.07, 6.45) is 3.07. The van der Waals surface area contributed by atoms with Crippen LogP contribution < -0.4 is 4.74 Å². The highest BCUT2D eigenvalue weighted by Gasteiger charge is 2.17. The SMILES string of the molecule is O=C(/C=C/c1cccc(Cl)c1Cl)c1ccc(OCC(=O)N2CCOCC2)cc1. The first kappa shape index (κ1) is 20.4. The largest absolute Gasteiger partial charge is 0.484 e. The molecular formula is C21H19Cl2NO4. The minimum absolute atomic E-state index is 0.0412. The van der Waals surface area contributed by atoms with Gasteiger partial charge in [0, 0.05) is 18.7 Å². The second-order valence-corrected chi connectivity index (χ2v) is 6.93. The van der Waals surface area contributed by atoms with Crippen molar-refractivity contribution in [2.45, 2.75) is 0 Å². The van der Waals surface area contributed by atoms with Crippen LogP contribution in [0.25, 0.3) is 6.08 Å². The number of rotatable bonds is 6. The van der Waals surface area contributed by atoms with Gasteiger partial charge >= 0.3 is 0 Å². The average molecular weight is 420 g/mol. The minimum Gasteiger partial charge on any atom is -0.484 e. The highest BCUT2D eigenvalue weighted by Crippen LogP contribution is 2.26. The number of ketones is 1. The maximum atomic E-state index is 12.3. The van der Waals surface area contributed by atoms with Gasteiger partial charge in [0.2, 0.25) is 0 Å². The van der Waals surface area contributed by atoms with Gasteiger partial charge in [-0.25, -0.2) is 0 Å². The highest BCUT2D eigenvalue weighted by molar-refractivity contribution is 6.42. The molecule has 146 valence electrons. The van der Waals surface area contributed by atoms with Crippen molar-refractivity contribution in [1.82, 2.24) is 4.90 Å². The lowest BCUT2D eigenvalue weighted by Crippen LogP contribution is -2.42. The lowest BCUT2D eigenvalue weighted by atomic mass is 10.1. The predicted octanol–water partition coefficient (Wildman–Crippen LogP) is 4.13. The van der Waals surface area contributed by atoms with E-state index < -0.39 is 0 Å². The van der Waals surface area contributed by atoms with Crippen molar-refractivity contribution in [3.63, 3.8) is 0 Å². The summed E-state index contributed by atoms with van der Waals surface area (Å²) in [5.41, 5.74) is 1.17. The zero-order chi connectivity index (χ0) is 19.9. The van der Waals surface area contributed by atoms with Crippen LogP contribution in [0.5, 0.6) is 5.75 Å². The van der Waals surface area contributed by atoms with E-state index in [-0.39, 0.29) is 18.3 Å². The lowest BCUT2D eigenvalue weighted by Gasteiger charge is -2.26. The summed E-state index contributed by atoms with van der Waals surface area (Å²) >= 11 is 12.1. The molecule has 1 aliphatic heterocycles. The number of nitrogens with zero attached hydrogens (tertiary/aromatic N) is 1. The van der Waals surface area contributed by atoms with Crippen molar-refractivity contribution in [3.8, 4) is 5.75 Å². The molecule has 0 N–H and O–H groups in total. The predicted molar refractivity (Wildman–Crippen MR) is 109 cm³/mol. The first-order valence-corrected chi connectivity index (χ1v) is 9.55. The number of amides is 1. The molecule has 1 fully saturated rings. The average Bonchev–Trinajstić information content (AvgIpc) is 2.74. The van der Waals surface area contributed by atoms with E-state index >= 15 is 0 Å². The number of hydrogen-bond acceptors (Lipinski definition) is 4. The Balaban J connectivity index is 1.56. The molecule has 0 unspecified atom stereocenters. The van der Waals surface area contributed by atoms with Crippen LogP contribution in [0.4, 0.5) is 0 Å². The summed E-state index contributed by atoms with van der Waals surface area (Å²) in [6.45, 7) is 2.23. The van der Waals surface area contributed by atoms with E-state index in [0.29, 0.717) is 53.2 Å². The van der Waals surface area contributed by atoms with Gasteiger partial charge in [-0.1, -0.05) is 35.3 Å². The third kappa shape index (κ3) is 5.35. The summed E-state index contributed by atoms with van der Waals surface area (Å²) in [6, 6.07) is 11.9. The van der Waals surface area contributed by atoms with Crippen LogP contribution >= 0.6 is 23.2 Å². The number of carbonyl (C=O) groups is 2. The Bertz CT molecular complexity index is 874. The first-order valence-electron chi connectivity index (χ1n) is 8.79. The number of hydrogen-bond donors (Lipinski definition) is 0. The second kappa shape index (κ2) is 9.73. The van der Waals surface area contributed by atoms with Gasteiger partial charge in [0.25, 0.3) is 5.91 Å². The number of ether oxygens (including phenoxy) is 2. The van der Waals surface area contributed by atoms with Crippen LogP contribution in [0.2, 0.25) is 10.0 Å². The molecule has 1 heterocycles. The summed E-state index contributed by atoms with van der Waals surface area (Å²) < 4.78 is 10.7. The van der Waals surface area contributed by atoms with Crippen molar-refractivity contribution in [1.29, 1.82) is 0 Å². The van der Waals surface area contributed by atoms with Gasteiger partial charge < -0.3 is 14.4 Å². The van der Waals surface area contributed by atoms with Gasteiger partial charge in [0.15, 0.2) is 12.4 Å². The molecule has 1 aliphatic rings. The number of halogens is 2. The van der Waals surface area contributed by atoms with Gasteiger partial charge in [-0.3, -0.25) is 9.59 Å². The molecule has 0 aromatic heterocycles. The monoisotopic (exact) mass is 419 g/mol. The molecule has 3 rings (SSSR count). The van der Waals surface area contributed by atoms with Gasteiger partial charge in [0.1, 0.15) is 5.75 Å². The molecule has 0 spiro atoms. The van der Waals surface area contributed by atoms with Gasteiger partial charge in [-0.2, -0.15) is 0 Å². The Kier molecular flexibility index (Phi) is 7.09. The van der Waals surface area contributed by atoms with Gasteiger partial charge in [-0.05, 0) is 48.0 Å². The zero-order valence-electron chi connectivity index (χ0n) is 15.1. The highest BCUT2D eigenvalue weighted by atomic mass is 35.5. The molecule has 0 aliphatic carbocycles. The van der Waals surface area contributed by atoms with Crippen molar-refractivity contribution >= 4 is 41.0 Å². The molecule has 5 nitrogen and oxygen atoms in total. The van der Waals surface area contributed by atoms with Crippen LogP contribution in [0, 0.1) is 0 Å². The molecule has 1 saturated heterocycles. The van der Waals surface area contributed by atoms with Crippen LogP contribution in [0.1, 0.15) is 15.9 Å². The number of benzene rings is 2. The maximum absolute atomic E-state index is 12.3. The normalized spacial score (nSPS) is 14.3. The van der Waals surface area contributed by atoms with Gasteiger partial charge in [-0.15, -0.1) is 0 Å². The maximum Gasteiger partial charge on any atom is 0.260 e. The third-order valence-corrected chi connectivity index (χ3v) is 5.09. The van der Waals surface area contributed by atoms with E-state index in [2.05, 4.69) is 0 Å².